The van der Waals surface area contributed by atoms with Crippen LogP contribution in [-0.4, -0.2) is 32.8 Å². The van der Waals surface area contributed by atoms with Gasteiger partial charge in [0.2, 0.25) is 0 Å². The first kappa shape index (κ1) is 23.5. The van der Waals surface area contributed by atoms with Crippen molar-refractivity contribution in [3.63, 3.8) is 0 Å². The summed E-state index contributed by atoms with van der Waals surface area (Å²) in [5.74, 6) is -0.338. The van der Waals surface area contributed by atoms with Crippen molar-refractivity contribution in [1.29, 1.82) is 0 Å². The van der Waals surface area contributed by atoms with Gasteiger partial charge in [-0.15, -0.1) is 24.0 Å². The van der Waals surface area contributed by atoms with E-state index in [-0.39, 0.29) is 41.5 Å². The Morgan fingerprint density at radius 2 is 1.83 bits per heavy atom. The summed E-state index contributed by atoms with van der Waals surface area (Å²) in [6.45, 7) is 4.41. The van der Waals surface area contributed by atoms with Crippen LogP contribution in [0.25, 0.3) is 0 Å². The molecule has 1 fully saturated rings. The maximum Gasteiger partial charge on any atom is 0.191 e. The minimum atomic E-state index is -0.457. The summed E-state index contributed by atoms with van der Waals surface area (Å²) in [6, 6.07) is 11.9. The van der Waals surface area contributed by atoms with Crippen LogP contribution in [0.4, 0.5) is 8.78 Å². The Labute approximate surface area is 188 Å². The Balaban J connectivity index is 0.00000300. The predicted molar refractivity (Wildman–Crippen MR) is 123 cm³/mol. The van der Waals surface area contributed by atoms with Crippen LogP contribution in [0.2, 0.25) is 0 Å². The van der Waals surface area contributed by atoms with Crippen molar-refractivity contribution in [2.24, 2.45) is 4.99 Å². The molecule has 1 aliphatic rings. The molecule has 4 nitrogen and oxygen atoms in total. The first-order valence-corrected chi connectivity index (χ1v) is 9.56. The zero-order valence-corrected chi connectivity index (χ0v) is 19.1. The Hall–Kier alpha value is -1.74. The molecule has 1 saturated heterocycles. The van der Waals surface area contributed by atoms with Crippen LogP contribution in [0.5, 0.6) is 0 Å². The van der Waals surface area contributed by atoms with Gasteiger partial charge >= 0.3 is 0 Å². The van der Waals surface area contributed by atoms with E-state index < -0.39 is 11.6 Å². The monoisotopic (exact) mass is 515 g/mol. The van der Waals surface area contributed by atoms with Gasteiger partial charge in [0.25, 0.3) is 0 Å². The summed E-state index contributed by atoms with van der Waals surface area (Å²) in [5, 5.41) is 6.45. The number of aliphatic imine (C=N–C) groups is 1. The highest BCUT2D eigenvalue weighted by atomic mass is 127. The normalized spacial score (nSPS) is 16.1. The van der Waals surface area contributed by atoms with Crippen molar-refractivity contribution in [3.05, 3.63) is 70.8 Å². The second-order valence-corrected chi connectivity index (χ2v) is 7.22. The molecule has 0 amide bonds. The molecule has 1 heterocycles. The number of halogens is 3. The lowest BCUT2D eigenvalue weighted by atomic mass is 9.72. The van der Waals surface area contributed by atoms with E-state index in [1.54, 1.807) is 7.05 Å². The summed E-state index contributed by atoms with van der Waals surface area (Å²) in [7, 11) is 1.67. The molecule has 0 radical (unpaired) electrons. The highest BCUT2D eigenvalue weighted by Gasteiger charge is 2.35. The Morgan fingerprint density at radius 1 is 1.10 bits per heavy atom. The van der Waals surface area contributed by atoms with E-state index >= 15 is 0 Å². The third-order valence-electron chi connectivity index (χ3n) is 5.44. The second kappa shape index (κ2) is 10.9. The molecule has 2 N–H and O–H groups in total. The van der Waals surface area contributed by atoms with Crippen LogP contribution in [-0.2, 0) is 16.7 Å². The molecule has 0 atom stereocenters. The third-order valence-corrected chi connectivity index (χ3v) is 5.44. The molecule has 1 aliphatic heterocycles. The highest BCUT2D eigenvalue weighted by molar-refractivity contribution is 14.0. The number of benzene rings is 2. The highest BCUT2D eigenvalue weighted by Crippen LogP contribution is 2.36. The van der Waals surface area contributed by atoms with E-state index in [0.717, 1.165) is 38.2 Å². The van der Waals surface area contributed by atoms with Crippen molar-refractivity contribution in [2.75, 3.05) is 26.8 Å². The van der Waals surface area contributed by atoms with Crippen molar-refractivity contribution < 1.29 is 13.5 Å². The SMILES string of the molecule is CN=C(NCc1cc(F)ccc1F)NCC1(c2ccccc2C)CCOCC1.I. The Morgan fingerprint density at radius 3 is 2.52 bits per heavy atom. The van der Waals surface area contributed by atoms with E-state index in [1.165, 1.54) is 17.2 Å². The molecule has 2 aromatic rings. The van der Waals surface area contributed by atoms with E-state index in [1.807, 2.05) is 6.07 Å². The van der Waals surface area contributed by atoms with E-state index in [2.05, 4.69) is 40.7 Å². The number of rotatable bonds is 5. The largest absolute Gasteiger partial charge is 0.381 e. The van der Waals surface area contributed by atoms with Gasteiger partial charge in [-0.2, -0.15) is 0 Å². The van der Waals surface area contributed by atoms with Gasteiger partial charge in [0.15, 0.2) is 5.96 Å². The molecule has 0 aliphatic carbocycles. The average molecular weight is 515 g/mol. The molecule has 29 heavy (non-hydrogen) atoms. The van der Waals surface area contributed by atoms with Crippen molar-refractivity contribution in [2.45, 2.75) is 31.7 Å². The predicted octanol–water partition coefficient (Wildman–Crippen LogP) is 4.30. The standard InChI is InChI=1S/C22H27F2N3O.HI/c1-16-5-3-4-6-19(16)22(9-11-28-12-10-22)15-27-21(25-2)26-14-17-13-18(23)7-8-20(17)24;/h3-8,13H,9-12,14-15H2,1-2H3,(H2,25,26,27);1H. The molecule has 0 unspecified atom stereocenters. The fourth-order valence-corrected chi connectivity index (χ4v) is 3.80. The molecule has 158 valence electrons. The van der Waals surface area contributed by atoms with Gasteiger partial charge < -0.3 is 15.4 Å². The fourth-order valence-electron chi connectivity index (χ4n) is 3.80. The summed E-state index contributed by atoms with van der Waals surface area (Å²) in [6.07, 6.45) is 1.83. The number of hydrogen-bond acceptors (Lipinski definition) is 2. The molecular weight excluding hydrogens is 487 g/mol. The van der Waals surface area contributed by atoms with Crippen LogP contribution in [0.1, 0.15) is 29.5 Å². The first-order valence-electron chi connectivity index (χ1n) is 9.56. The molecule has 0 bridgehead atoms. The maximum absolute atomic E-state index is 13.8. The molecule has 0 spiro atoms. The minimum Gasteiger partial charge on any atom is -0.381 e. The maximum atomic E-state index is 13.8. The van der Waals surface area contributed by atoms with Crippen LogP contribution in [0, 0.1) is 18.6 Å². The van der Waals surface area contributed by atoms with Crippen LogP contribution in [0.3, 0.4) is 0 Å². The zero-order chi connectivity index (χ0) is 20.0. The van der Waals surface area contributed by atoms with Gasteiger partial charge in [-0.1, -0.05) is 24.3 Å². The molecule has 7 heteroatoms. The van der Waals surface area contributed by atoms with Crippen molar-refractivity contribution in [3.8, 4) is 0 Å². The summed E-state index contributed by atoms with van der Waals surface area (Å²) in [5.41, 5.74) is 2.79. The molecule has 3 rings (SSSR count). The van der Waals surface area contributed by atoms with Crippen molar-refractivity contribution >= 4 is 29.9 Å². The molecular formula is C22H28F2IN3O. The Bertz CT molecular complexity index is 839. The van der Waals surface area contributed by atoms with Gasteiger partial charge in [0, 0.05) is 44.3 Å². The number of aryl methyl sites for hydroxylation is 1. The summed E-state index contributed by atoms with van der Waals surface area (Å²) < 4.78 is 32.8. The minimum absolute atomic E-state index is 0. The quantitative estimate of drug-likeness (QED) is 0.355. The molecule has 0 saturated carbocycles. The van der Waals surface area contributed by atoms with Crippen LogP contribution in [0.15, 0.2) is 47.5 Å². The van der Waals surface area contributed by atoms with Crippen molar-refractivity contribution in [1.82, 2.24) is 10.6 Å². The van der Waals surface area contributed by atoms with E-state index in [0.29, 0.717) is 12.5 Å². The first-order chi connectivity index (χ1) is 13.5. The number of ether oxygens (including phenoxy) is 1. The van der Waals surface area contributed by atoms with Crippen LogP contribution >= 0.6 is 24.0 Å². The number of nitrogens with one attached hydrogen (secondary N) is 2. The number of guanidine groups is 1. The lowest BCUT2D eigenvalue weighted by Crippen LogP contribution is -2.48. The third kappa shape index (κ3) is 5.88. The summed E-state index contributed by atoms with van der Waals surface area (Å²) >= 11 is 0. The average Bonchev–Trinajstić information content (AvgIpc) is 2.71. The summed E-state index contributed by atoms with van der Waals surface area (Å²) in [4.78, 5) is 4.23. The van der Waals surface area contributed by atoms with Gasteiger partial charge in [-0.3, -0.25) is 4.99 Å². The lowest BCUT2D eigenvalue weighted by molar-refractivity contribution is 0.0512. The van der Waals surface area contributed by atoms with Gasteiger partial charge in [0.05, 0.1) is 0 Å². The molecule has 2 aromatic carbocycles. The van der Waals surface area contributed by atoms with Gasteiger partial charge in [-0.05, 0) is 49.1 Å². The van der Waals surface area contributed by atoms with Crippen LogP contribution < -0.4 is 10.6 Å². The number of hydrogen-bond donors (Lipinski definition) is 2. The van der Waals surface area contributed by atoms with Gasteiger partial charge in [0.1, 0.15) is 11.6 Å². The topological polar surface area (TPSA) is 45.7 Å². The van der Waals surface area contributed by atoms with E-state index in [4.69, 9.17) is 4.74 Å². The number of nitrogens with zero attached hydrogens (tertiary/aromatic N) is 1. The fraction of sp³-hybridized carbons (Fsp3) is 0.409. The second-order valence-electron chi connectivity index (χ2n) is 7.22. The molecule has 0 aromatic heterocycles. The lowest BCUT2D eigenvalue weighted by Gasteiger charge is -2.39. The van der Waals surface area contributed by atoms with Gasteiger partial charge in [-0.25, -0.2) is 8.78 Å². The Kier molecular flexibility index (Phi) is 8.82. The zero-order valence-electron chi connectivity index (χ0n) is 16.8. The smallest absolute Gasteiger partial charge is 0.191 e. The van der Waals surface area contributed by atoms with E-state index in [9.17, 15) is 8.78 Å².